The van der Waals surface area contributed by atoms with E-state index < -0.39 is 11.9 Å². The molecule has 0 fully saturated rings. The molecule has 4 rings (SSSR count). The van der Waals surface area contributed by atoms with Crippen LogP contribution in [0.3, 0.4) is 0 Å². The summed E-state index contributed by atoms with van der Waals surface area (Å²) in [6.07, 6.45) is 8.25. The Labute approximate surface area is 210 Å². The lowest BCUT2D eigenvalue weighted by atomic mass is 10.1. The zero-order valence-electron chi connectivity index (χ0n) is 19.9. The van der Waals surface area contributed by atoms with Crippen LogP contribution in [0.4, 0.5) is 5.69 Å². The van der Waals surface area contributed by atoms with Gasteiger partial charge in [0.2, 0.25) is 0 Å². The molecule has 37 heavy (non-hydrogen) atoms. The van der Waals surface area contributed by atoms with E-state index in [1.54, 1.807) is 56.4 Å². The van der Waals surface area contributed by atoms with Crippen molar-refractivity contribution in [3.8, 4) is 5.69 Å². The van der Waals surface area contributed by atoms with E-state index in [-0.39, 0.29) is 22.6 Å². The lowest BCUT2D eigenvalue weighted by Crippen LogP contribution is -2.21. The van der Waals surface area contributed by atoms with Gasteiger partial charge in [0, 0.05) is 5.69 Å². The number of aromatic amines is 1. The number of benzene rings is 2. The summed E-state index contributed by atoms with van der Waals surface area (Å²) in [7, 11) is 0. The summed E-state index contributed by atoms with van der Waals surface area (Å²) in [4.78, 5) is 47.7. The second kappa shape index (κ2) is 10.2. The first-order valence-electron chi connectivity index (χ1n) is 11.1. The van der Waals surface area contributed by atoms with E-state index >= 15 is 0 Å². The van der Waals surface area contributed by atoms with Gasteiger partial charge in [-0.25, -0.2) is 14.3 Å². The number of carbonyl (C=O) groups excluding carboxylic acids is 1. The second-order valence-corrected chi connectivity index (χ2v) is 8.12. The Kier molecular flexibility index (Phi) is 6.83. The van der Waals surface area contributed by atoms with E-state index in [2.05, 4.69) is 10.2 Å². The number of hydrogen-bond donors (Lipinski definition) is 3. The fourth-order valence-electron chi connectivity index (χ4n) is 3.69. The Balaban J connectivity index is 1.47. The number of hydrogen-bond acceptors (Lipinski definition) is 5. The number of anilines is 1. The zero-order valence-corrected chi connectivity index (χ0v) is 19.9. The van der Waals surface area contributed by atoms with Gasteiger partial charge < -0.3 is 10.2 Å². The minimum Gasteiger partial charge on any atom is -0.478 e. The van der Waals surface area contributed by atoms with Crippen molar-refractivity contribution in [2.45, 2.75) is 13.8 Å². The maximum absolute atomic E-state index is 12.8. The average molecular weight is 498 g/mol. The molecule has 2 aromatic carbocycles. The summed E-state index contributed by atoms with van der Waals surface area (Å²) >= 11 is 0. The molecule has 1 aromatic heterocycles. The number of aromatic nitrogens is 2. The molecule has 1 amide bonds. The topological polar surface area (TPSA) is 145 Å². The summed E-state index contributed by atoms with van der Waals surface area (Å²) in [5.41, 5.74) is 2.88. The summed E-state index contributed by atoms with van der Waals surface area (Å²) in [6.45, 7) is 3.46. The number of nitrogens with one attached hydrogen (secondary N) is 1. The SMILES string of the molecule is CC1=NN(c2ccc(C(=O)O)cc2)C(=O)C1=CC=CC=Cc1c(C)[nH]n(-c2ccc(C(=O)O)cc2)c1=O. The molecule has 1 aliphatic rings. The number of amides is 1. The van der Waals surface area contributed by atoms with Crippen molar-refractivity contribution >= 4 is 35.3 Å². The number of allylic oxidation sites excluding steroid dienone is 4. The number of nitrogens with zero attached hydrogens (tertiary/aromatic N) is 3. The van der Waals surface area contributed by atoms with E-state index in [0.717, 1.165) is 0 Å². The third kappa shape index (κ3) is 5.08. The Morgan fingerprint density at radius 3 is 1.97 bits per heavy atom. The average Bonchev–Trinajstić information content (AvgIpc) is 3.33. The Morgan fingerprint density at radius 2 is 1.41 bits per heavy atom. The second-order valence-electron chi connectivity index (χ2n) is 8.12. The summed E-state index contributed by atoms with van der Waals surface area (Å²) in [5.74, 6) is -2.44. The predicted octanol–water partition coefficient (Wildman–Crippen LogP) is 3.79. The van der Waals surface area contributed by atoms with E-state index in [1.165, 1.54) is 46.1 Å². The standard InChI is InChI=1S/C27H22N4O6/c1-16-22(24(32)30(28-16)20-12-8-18(9-13-20)26(34)35)6-4-3-5-7-23-17(2)29-31(25(23)33)21-14-10-19(11-15-21)27(36)37/h3-15,28H,1-2H3,(H,34,35)(H,36,37). The minimum absolute atomic E-state index is 0.113. The Bertz CT molecular complexity index is 1570. The van der Waals surface area contributed by atoms with Crippen molar-refractivity contribution in [2.75, 3.05) is 5.01 Å². The van der Waals surface area contributed by atoms with Crippen LogP contribution in [-0.4, -0.2) is 43.6 Å². The molecule has 0 saturated heterocycles. The van der Waals surface area contributed by atoms with Crippen molar-refractivity contribution in [3.05, 3.63) is 111 Å². The van der Waals surface area contributed by atoms with Crippen LogP contribution in [0.1, 0.15) is 38.9 Å². The Hall–Kier alpha value is -5.25. The van der Waals surface area contributed by atoms with Crippen LogP contribution >= 0.6 is 0 Å². The highest BCUT2D eigenvalue weighted by Crippen LogP contribution is 2.24. The number of aryl methyl sites for hydroxylation is 1. The van der Waals surface area contributed by atoms with Crippen LogP contribution in [0, 0.1) is 6.92 Å². The monoisotopic (exact) mass is 498 g/mol. The molecule has 3 aromatic rings. The van der Waals surface area contributed by atoms with Crippen LogP contribution < -0.4 is 10.6 Å². The van der Waals surface area contributed by atoms with E-state index in [4.69, 9.17) is 10.2 Å². The Morgan fingerprint density at radius 1 is 0.838 bits per heavy atom. The van der Waals surface area contributed by atoms with Gasteiger partial charge in [-0.2, -0.15) is 10.1 Å². The van der Waals surface area contributed by atoms with Crippen molar-refractivity contribution in [3.63, 3.8) is 0 Å². The van der Waals surface area contributed by atoms with E-state index in [1.807, 2.05) is 0 Å². The number of H-pyrrole nitrogens is 1. The van der Waals surface area contributed by atoms with Crippen LogP contribution in [0.25, 0.3) is 11.8 Å². The number of rotatable bonds is 7. The van der Waals surface area contributed by atoms with E-state index in [0.29, 0.717) is 33.9 Å². The summed E-state index contributed by atoms with van der Waals surface area (Å²) in [5, 5.41) is 26.5. The van der Waals surface area contributed by atoms with Gasteiger partial charge in [0.1, 0.15) is 0 Å². The molecule has 0 aliphatic carbocycles. The third-order valence-corrected chi connectivity index (χ3v) is 5.66. The van der Waals surface area contributed by atoms with E-state index in [9.17, 15) is 19.2 Å². The molecule has 2 heterocycles. The molecule has 0 spiro atoms. The quantitative estimate of drug-likeness (QED) is 0.334. The van der Waals surface area contributed by atoms with Crippen LogP contribution in [0.2, 0.25) is 0 Å². The maximum atomic E-state index is 12.8. The molecular weight excluding hydrogens is 476 g/mol. The molecule has 10 nitrogen and oxygen atoms in total. The fourth-order valence-corrected chi connectivity index (χ4v) is 3.69. The minimum atomic E-state index is -1.05. The molecule has 0 atom stereocenters. The zero-order chi connectivity index (χ0) is 26.7. The maximum Gasteiger partial charge on any atom is 0.335 e. The van der Waals surface area contributed by atoms with Gasteiger partial charge in [-0.1, -0.05) is 18.2 Å². The summed E-state index contributed by atoms with van der Waals surface area (Å²) < 4.78 is 1.33. The molecule has 0 unspecified atom stereocenters. The number of carboxylic acid groups (broad SMARTS) is 2. The third-order valence-electron chi connectivity index (χ3n) is 5.66. The van der Waals surface area contributed by atoms with Crippen LogP contribution in [0.15, 0.2) is 88.3 Å². The van der Waals surface area contributed by atoms with Gasteiger partial charge in [-0.15, -0.1) is 0 Å². The number of carboxylic acids is 2. The fraction of sp³-hybridized carbons (Fsp3) is 0.0741. The largest absolute Gasteiger partial charge is 0.478 e. The first-order chi connectivity index (χ1) is 17.7. The van der Waals surface area contributed by atoms with Gasteiger partial charge in [0.25, 0.3) is 11.5 Å². The van der Waals surface area contributed by atoms with Crippen molar-refractivity contribution in [1.29, 1.82) is 0 Å². The van der Waals surface area contributed by atoms with Crippen molar-refractivity contribution in [1.82, 2.24) is 9.78 Å². The van der Waals surface area contributed by atoms with Gasteiger partial charge in [-0.3, -0.25) is 14.7 Å². The molecular formula is C27H22N4O6. The van der Waals surface area contributed by atoms with Crippen LogP contribution in [0.5, 0.6) is 0 Å². The first-order valence-corrected chi connectivity index (χ1v) is 11.1. The molecule has 0 radical (unpaired) electrons. The molecule has 1 aliphatic heterocycles. The molecule has 186 valence electrons. The molecule has 3 N–H and O–H groups in total. The van der Waals surface area contributed by atoms with Crippen molar-refractivity contribution < 1.29 is 24.6 Å². The highest BCUT2D eigenvalue weighted by atomic mass is 16.4. The summed E-state index contributed by atoms with van der Waals surface area (Å²) in [6, 6.07) is 11.8. The number of hydrazone groups is 1. The number of aromatic carboxylic acids is 2. The van der Waals surface area contributed by atoms with Crippen LogP contribution in [-0.2, 0) is 4.79 Å². The normalized spacial score (nSPS) is 14.8. The highest BCUT2D eigenvalue weighted by molar-refractivity contribution is 6.29. The smallest absolute Gasteiger partial charge is 0.335 e. The van der Waals surface area contributed by atoms with Gasteiger partial charge >= 0.3 is 11.9 Å². The molecule has 0 bridgehead atoms. The predicted molar refractivity (Wildman–Crippen MR) is 138 cm³/mol. The lowest BCUT2D eigenvalue weighted by molar-refractivity contribution is -0.114. The van der Waals surface area contributed by atoms with Crippen molar-refractivity contribution in [2.24, 2.45) is 5.10 Å². The highest BCUT2D eigenvalue weighted by Gasteiger charge is 2.28. The first kappa shape index (κ1) is 24.9. The molecule has 0 saturated carbocycles. The van der Waals surface area contributed by atoms with Gasteiger partial charge in [-0.05, 0) is 74.5 Å². The molecule has 10 heteroatoms. The number of carbonyl (C=O) groups is 3. The van der Waals surface area contributed by atoms with Gasteiger partial charge in [0.15, 0.2) is 0 Å². The lowest BCUT2D eigenvalue weighted by Gasteiger charge is -2.11. The van der Waals surface area contributed by atoms with Gasteiger partial charge in [0.05, 0.1) is 39.3 Å².